The first-order valence-electron chi connectivity index (χ1n) is 10.7. The summed E-state index contributed by atoms with van der Waals surface area (Å²) in [5.74, 6) is 0.907. The van der Waals surface area contributed by atoms with Gasteiger partial charge < -0.3 is 19.5 Å². The van der Waals surface area contributed by atoms with Crippen LogP contribution in [-0.2, 0) is 9.53 Å². The van der Waals surface area contributed by atoms with E-state index in [1.165, 1.54) is 7.11 Å². The number of carbonyl (C=O) groups excluding carboxylic acids is 1. The second-order valence-electron chi connectivity index (χ2n) is 9.24. The maximum absolute atomic E-state index is 12.9. The van der Waals surface area contributed by atoms with Crippen molar-refractivity contribution in [2.75, 3.05) is 7.11 Å². The maximum Gasteiger partial charge on any atom is 0.387 e. The summed E-state index contributed by atoms with van der Waals surface area (Å²) in [6, 6.07) is 5.00. The third-order valence-electron chi connectivity index (χ3n) is 6.53. The van der Waals surface area contributed by atoms with Gasteiger partial charge in [-0.3, -0.25) is 4.79 Å². The Hall–Kier alpha value is -1.89. The standard InChI is InChI=1S/C23H33F2NO4/c1-13(2)21(27)26-23(4)12-20(29-18-10-14(3)6-8-16(18)23)15-7-9-17(28-5)19(11-15)30-22(24)25/h7,9,11,13-14,16,18,20,22H,6,8,10,12H2,1-5H3,(H,26,27)/t14-,16-,18-,20-,23+/m1/s1. The molecule has 1 heterocycles. The van der Waals surface area contributed by atoms with E-state index < -0.39 is 12.2 Å². The van der Waals surface area contributed by atoms with Gasteiger partial charge in [-0.15, -0.1) is 0 Å². The van der Waals surface area contributed by atoms with Crippen LogP contribution in [0.3, 0.4) is 0 Å². The van der Waals surface area contributed by atoms with E-state index in [0.717, 1.165) is 24.8 Å². The smallest absolute Gasteiger partial charge is 0.387 e. The minimum Gasteiger partial charge on any atom is -0.493 e. The minimum absolute atomic E-state index is 0.00605. The molecule has 0 bridgehead atoms. The number of amides is 1. The Kier molecular flexibility index (Phi) is 6.90. The van der Waals surface area contributed by atoms with Crippen LogP contribution in [0.15, 0.2) is 18.2 Å². The zero-order chi connectivity index (χ0) is 22.1. The molecule has 0 spiro atoms. The van der Waals surface area contributed by atoms with Crippen LogP contribution in [0.25, 0.3) is 0 Å². The molecule has 1 aliphatic carbocycles. The molecule has 5 nitrogen and oxygen atoms in total. The molecule has 0 unspecified atom stereocenters. The monoisotopic (exact) mass is 425 g/mol. The summed E-state index contributed by atoms with van der Waals surface area (Å²) in [5, 5.41) is 3.28. The Balaban J connectivity index is 1.92. The lowest BCUT2D eigenvalue weighted by molar-refractivity contribution is -0.155. The summed E-state index contributed by atoms with van der Waals surface area (Å²) in [5.41, 5.74) is 0.312. The summed E-state index contributed by atoms with van der Waals surface area (Å²) in [7, 11) is 1.41. The molecule has 1 N–H and O–H groups in total. The van der Waals surface area contributed by atoms with Crippen LogP contribution in [-0.4, -0.2) is 31.3 Å². The van der Waals surface area contributed by atoms with Gasteiger partial charge in [-0.2, -0.15) is 8.78 Å². The molecular weight excluding hydrogens is 392 g/mol. The van der Waals surface area contributed by atoms with Crippen molar-refractivity contribution in [3.63, 3.8) is 0 Å². The van der Waals surface area contributed by atoms with Crippen molar-refractivity contribution in [2.24, 2.45) is 17.8 Å². The normalized spacial score (nSPS) is 31.4. The van der Waals surface area contributed by atoms with E-state index in [-0.39, 0.29) is 41.4 Å². The van der Waals surface area contributed by atoms with Gasteiger partial charge in [-0.1, -0.05) is 33.3 Å². The highest BCUT2D eigenvalue weighted by Crippen LogP contribution is 2.48. The number of ether oxygens (including phenoxy) is 3. The number of hydrogen-bond acceptors (Lipinski definition) is 4. The molecule has 2 aliphatic rings. The third-order valence-corrected chi connectivity index (χ3v) is 6.53. The van der Waals surface area contributed by atoms with E-state index in [1.54, 1.807) is 12.1 Å². The Bertz CT molecular complexity index is 757. The first kappa shape index (κ1) is 22.8. The van der Waals surface area contributed by atoms with E-state index in [2.05, 4.69) is 23.9 Å². The van der Waals surface area contributed by atoms with Crippen molar-refractivity contribution in [3.05, 3.63) is 23.8 Å². The van der Waals surface area contributed by atoms with Crippen molar-refractivity contribution >= 4 is 5.91 Å². The fraction of sp³-hybridized carbons (Fsp3) is 0.696. The molecule has 168 valence electrons. The van der Waals surface area contributed by atoms with E-state index in [1.807, 2.05) is 19.9 Å². The van der Waals surface area contributed by atoms with Crippen molar-refractivity contribution in [1.29, 1.82) is 0 Å². The lowest BCUT2D eigenvalue weighted by Crippen LogP contribution is -2.61. The lowest BCUT2D eigenvalue weighted by atomic mass is 9.66. The summed E-state index contributed by atoms with van der Waals surface area (Å²) in [6.45, 7) is 5.13. The molecule has 3 rings (SSSR count). The fourth-order valence-corrected chi connectivity index (χ4v) is 4.85. The summed E-state index contributed by atoms with van der Waals surface area (Å²) in [6.07, 6.45) is 3.27. The van der Waals surface area contributed by atoms with Crippen LogP contribution in [0.4, 0.5) is 8.78 Å². The fourth-order valence-electron chi connectivity index (χ4n) is 4.85. The van der Waals surface area contributed by atoms with E-state index in [9.17, 15) is 13.6 Å². The van der Waals surface area contributed by atoms with Gasteiger partial charge in [0.1, 0.15) is 0 Å². The molecule has 30 heavy (non-hydrogen) atoms. The second kappa shape index (κ2) is 9.08. The number of benzene rings is 1. The molecule has 5 atom stereocenters. The minimum atomic E-state index is -2.94. The second-order valence-corrected chi connectivity index (χ2v) is 9.24. The number of methoxy groups -OCH3 is 1. The maximum atomic E-state index is 12.9. The van der Waals surface area contributed by atoms with E-state index >= 15 is 0 Å². The van der Waals surface area contributed by atoms with Crippen LogP contribution in [0.2, 0.25) is 0 Å². The first-order valence-corrected chi connectivity index (χ1v) is 10.7. The number of nitrogens with one attached hydrogen (secondary N) is 1. The first-order chi connectivity index (χ1) is 14.1. The number of fused-ring (bicyclic) bond motifs is 1. The number of carbonyl (C=O) groups is 1. The predicted octanol–water partition coefficient (Wildman–Crippen LogP) is 5.09. The molecule has 1 aliphatic heterocycles. The van der Waals surface area contributed by atoms with Crippen LogP contribution in [0, 0.1) is 17.8 Å². The van der Waals surface area contributed by atoms with Crippen molar-refractivity contribution in [2.45, 2.75) is 77.7 Å². The van der Waals surface area contributed by atoms with Gasteiger partial charge in [0.25, 0.3) is 0 Å². The van der Waals surface area contributed by atoms with Gasteiger partial charge in [-0.05, 0) is 43.4 Å². The zero-order valence-corrected chi connectivity index (χ0v) is 18.4. The topological polar surface area (TPSA) is 56.8 Å². The Morgan fingerprint density at radius 2 is 2.00 bits per heavy atom. The van der Waals surface area contributed by atoms with Gasteiger partial charge in [-0.25, -0.2) is 0 Å². The number of hydrogen-bond donors (Lipinski definition) is 1. The van der Waals surface area contributed by atoms with Crippen LogP contribution < -0.4 is 14.8 Å². The Labute approximate surface area is 177 Å². The summed E-state index contributed by atoms with van der Waals surface area (Å²) < 4.78 is 42.0. The highest BCUT2D eigenvalue weighted by Gasteiger charge is 2.49. The highest BCUT2D eigenvalue weighted by molar-refractivity contribution is 5.78. The molecule has 1 aromatic rings. The highest BCUT2D eigenvalue weighted by atomic mass is 19.3. The predicted molar refractivity (Wildman–Crippen MR) is 110 cm³/mol. The van der Waals surface area contributed by atoms with E-state index in [4.69, 9.17) is 9.47 Å². The molecule has 1 saturated carbocycles. The van der Waals surface area contributed by atoms with Crippen molar-refractivity contribution in [3.8, 4) is 11.5 Å². The average molecular weight is 426 g/mol. The Morgan fingerprint density at radius 3 is 2.63 bits per heavy atom. The van der Waals surface area contributed by atoms with Crippen LogP contribution in [0.5, 0.6) is 11.5 Å². The molecule has 1 saturated heterocycles. The number of rotatable bonds is 6. The molecule has 7 heteroatoms. The molecule has 1 amide bonds. The number of halogens is 2. The molecular formula is C23H33F2NO4. The lowest BCUT2D eigenvalue weighted by Gasteiger charge is -2.52. The van der Waals surface area contributed by atoms with E-state index in [0.29, 0.717) is 12.3 Å². The van der Waals surface area contributed by atoms with Gasteiger partial charge in [0.2, 0.25) is 5.91 Å². The van der Waals surface area contributed by atoms with Crippen molar-refractivity contribution < 1.29 is 27.8 Å². The van der Waals surface area contributed by atoms with Gasteiger partial charge in [0.15, 0.2) is 11.5 Å². The zero-order valence-electron chi connectivity index (χ0n) is 18.4. The quantitative estimate of drug-likeness (QED) is 0.689. The van der Waals surface area contributed by atoms with Gasteiger partial charge >= 0.3 is 6.61 Å². The van der Waals surface area contributed by atoms with Crippen molar-refractivity contribution in [1.82, 2.24) is 5.32 Å². The third kappa shape index (κ3) is 4.88. The summed E-state index contributed by atoms with van der Waals surface area (Å²) in [4.78, 5) is 12.6. The molecule has 1 aromatic carbocycles. The van der Waals surface area contributed by atoms with Gasteiger partial charge in [0.05, 0.1) is 19.3 Å². The van der Waals surface area contributed by atoms with Crippen LogP contribution in [0.1, 0.15) is 65.0 Å². The SMILES string of the molecule is COc1ccc([C@H]2C[C@](C)(NC(=O)C(C)C)[C@@H]3CC[C@@H](C)C[C@H]3O2)cc1OC(F)F. The summed E-state index contributed by atoms with van der Waals surface area (Å²) >= 11 is 0. The molecule has 0 aromatic heterocycles. The largest absolute Gasteiger partial charge is 0.493 e. The Morgan fingerprint density at radius 1 is 1.27 bits per heavy atom. The average Bonchev–Trinajstić information content (AvgIpc) is 2.66. The van der Waals surface area contributed by atoms with Crippen LogP contribution >= 0.6 is 0 Å². The van der Waals surface area contributed by atoms with Gasteiger partial charge in [0, 0.05) is 23.8 Å². The molecule has 2 fully saturated rings. The number of alkyl halides is 2. The molecule has 0 radical (unpaired) electrons.